The molecule has 0 aliphatic heterocycles. The summed E-state index contributed by atoms with van der Waals surface area (Å²) in [5.41, 5.74) is 0.829. The lowest BCUT2D eigenvalue weighted by atomic mass is 10.0. The minimum absolute atomic E-state index is 0.0330. The Bertz CT molecular complexity index is 987. The van der Waals surface area contributed by atoms with Crippen LogP contribution < -0.4 is 9.47 Å². The van der Waals surface area contributed by atoms with Gasteiger partial charge in [-0.3, -0.25) is 9.69 Å². The van der Waals surface area contributed by atoms with Gasteiger partial charge in [0.15, 0.2) is 17.4 Å². The van der Waals surface area contributed by atoms with Crippen LogP contribution in [-0.4, -0.2) is 86.3 Å². The first kappa shape index (κ1) is 29.7. The minimum Gasteiger partial charge on any atom is -0.490 e. The van der Waals surface area contributed by atoms with Crippen LogP contribution in [0.15, 0.2) is 49.1 Å². The third kappa shape index (κ3) is 10.5. The Hall–Kier alpha value is -3.54. The molecule has 0 spiro atoms. The lowest BCUT2D eigenvalue weighted by Gasteiger charge is -2.19. The zero-order valence-electron chi connectivity index (χ0n) is 20.4. The summed E-state index contributed by atoms with van der Waals surface area (Å²) in [6, 6.07) is 8.75. The second-order valence-electron chi connectivity index (χ2n) is 7.62. The molecule has 0 saturated heterocycles. The topological polar surface area (TPSA) is 115 Å². The summed E-state index contributed by atoms with van der Waals surface area (Å²) in [5, 5.41) is 18.0. The second kappa shape index (κ2) is 16.3. The molecular formula is C26H31F2NO8. The van der Waals surface area contributed by atoms with Crippen LogP contribution in [0.2, 0.25) is 0 Å². The molecule has 0 saturated carbocycles. The Morgan fingerprint density at radius 3 is 2.03 bits per heavy atom. The van der Waals surface area contributed by atoms with E-state index in [-0.39, 0.29) is 51.6 Å². The molecule has 0 amide bonds. The van der Waals surface area contributed by atoms with Gasteiger partial charge in [0.2, 0.25) is 0 Å². The molecular weight excluding hydrogens is 492 g/mol. The quantitative estimate of drug-likeness (QED) is 0.183. The van der Waals surface area contributed by atoms with Crippen LogP contribution in [0, 0.1) is 11.6 Å². The number of hydrogen-bond acceptors (Lipinski definition) is 9. The molecule has 2 aromatic carbocycles. The summed E-state index contributed by atoms with van der Waals surface area (Å²) < 4.78 is 49.2. The Morgan fingerprint density at radius 1 is 0.838 bits per heavy atom. The molecule has 2 N–H and O–H groups in total. The minimum atomic E-state index is -0.900. The van der Waals surface area contributed by atoms with Crippen molar-refractivity contribution in [2.75, 3.05) is 59.3 Å². The van der Waals surface area contributed by atoms with Crippen LogP contribution in [0.4, 0.5) is 8.78 Å². The average molecular weight is 524 g/mol. The van der Waals surface area contributed by atoms with Crippen molar-refractivity contribution in [3.8, 4) is 22.6 Å². The largest absolute Gasteiger partial charge is 0.490 e. The molecule has 0 aliphatic carbocycles. The highest BCUT2D eigenvalue weighted by atomic mass is 19.1. The Kier molecular flexibility index (Phi) is 13.0. The first-order valence-electron chi connectivity index (χ1n) is 11.6. The zero-order chi connectivity index (χ0) is 27.0. The summed E-state index contributed by atoms with van der Waals surface area (Å²) in [6.45, 7) is 3.93. The van der Waals surface area contributed by atoms with Gasteiger partial charge in [-0.05, 0) is 35.4 Å². The predicted molar refractivity (Wildman–Crippen MR) is 130 cm³/mol. The van der Waals surface area contributed by atoms with Gasteiger partial charge in [-0.2, -0.15) is 0 Å². The molecule has 2 rings (SSSR count). The highest BCUT2D eigenvalue weighted by Crippen LogP contribution is 2.30. The van der Waals surface area contributed by atoms with Crippen molar-refractivity contribution in [2.24, 2.45) is 0 Å². The van der Waals surface area contributed by atoms with E-state index in [1.165, 1.54) is 0 Å². The number of rotatable bonds is 17. The lowest BCUT2D eigenvalue weighted by Crippen LogP contribution is -2.32. The van der Waals surface area contributed by atoms with Crippen molar-refractivity contribution in [3.05, 3.63) is 60.7 Å². The molecule has 0 aliphatic rings. The van der Waals surface area contributed by atoms with Crippen LogP contribution in [-0.2, 0) is 19.1 Å². The normalized spacial score (nSPS) is 10.7. The molecule has 0 bridgehead atoms. The van der Waals surface area contributed by atoms with Gasteiger partial charge in [0, 0.05) is 25.7 Å². The summed E-state index contributed by atoms with van der Waals surface area (Å²) in [7, 11) is 0. The van der Waals surface area contributed by atoms with Gasteiger partial charge in [-0.1, -0.05) is 18.7 Å². The molecule has 11 heteroatoms. The van der Waals surface area contributed by atoms with Crippen molar-refractivity contribution < 1.29 is 47.5 Å². The van der Waals surface area contributed by atoms with E-state index in [0.717, 1.165) is 18.2 Å². The number of esters is 2. The van der Waals surface area contributed by atoms with Crippen molar-refractivity contribution in [2.45, 2.75) is 6.42 Å². The Labute approximate surface area is 213 Å². The molecule has 2 aromatic rings. The summed E-state index contributed by atoms with van der Waals surface area (Å²) >= 11 is 0. The number of benzene rings is 2. The van der Waals surface area contributed by atoms with Crippen LogP contribution in [0.1, 0.15) is 6.42 Å². The number of hydrogen-bond donors (Lipinski definition) is 2. The summed E-state index contributed by atoms with van der Waals surface area (Å²) in [5.74, 6) is -2.97. The third-order valence-electron chi connectivity index (χ3n) is 5.01. The number of aliphatic hydroxyl groups is 2. The van der Waals surface area contributed by atoms with Gasteiger partial charge in [0.05, 0.1) is 19.6 Å². The molecule has 0 unspecified atom stereocenters. The molecule has 0 radical (unpaired) electrons. The predicted octanol–water partition coefficient (Wildman–Crippen LogP) is 2.34. The van der Waals surface area contributed by atoms with Crippen LogP contribution >= 0.6 is 0 Å². The Morgan fingerprint density at radius 2 is 1.43 bits per heavy atom. The van der Waals surface area contributed by atoms with Crippen LogP contribution in [0.3, 0.4) is 0 Å². The fraction of sp³-hybridized carbons (Fsp3) is 0.385. The maximum Gasteiger partial charge on any atom is 0.330 e. The molecule has 0 fully saturated rings. The van der Waals surface area contributed by atoms with Gasteiger partial charge in [0.1, 0.15) is 32.2 Å². The number of carbonyl (C=O) groups is 2. The van der Waals surface area contributed by atoms with Gasteiger partial charge in [-0.15, -0.1) is 0 Å². The number of ether oxygens (including phenoxy) is 4. The van der Waals surface area contributed by atoms with E-state index in [0.29, 0.717) is 30.9 Å². The van der Waals surface area contributed by atoms with E-state index < -0.39 is 29.3 Å². The fourth-order valence-corrected chi connectivity index (χ4v) is 3.21. The van der Waals surface area contributed by atoms with Crippen molar-refractivity contribution >= 4 is 11.9 Å². The first-order valence-corrected chi connectivity index (χ1v) is 11.6. The molecule has 202 valence electrons. The molecule has 0 atom stereocenters. The number of aliphatic hydroxyl groups excluding tert-OH is 2. The number of carbonyl (C=O) groups excluding carboxylic acids is 2. The molecule has 0 aromatic heterocycles. The van der Waals surface area contributed by atoms with Gasteiger partial charge in [0.25, 0.3) is 0 Å². The highest BCUT2D eigenvalue weighted by Gasteiger charge is 2.14. The van der Waals surface area contributed by atoms with E-state index in [2.05, 4.69) is 6.58 Å². The van der Waals surface area contributed by atoms with Crippen molar-refractivity contribution in [3.63, 3.8) is 0 Å². The molecule has 9 nitrogen and oxygen atoms in total. The Balaban J connectivity index is 1.79. The van der Waals surface area contributed by atoms with Crippen LogP contribution in [0.5, 0.6) is 11.5 Å². The highest BCUT2D eigenvalue weighted by molar-refractivity contribution is 5.81. The molecule has 37 heavy (non-hydrogen) atoms. The number of nitrogens with zero attached hydrogens (tertiary/aromatic N) is 1. The van der Waals surface area contributed by atoms with Gasteiger partial charge in [-0.25, -0.2) is 13.6 Å². The van der Waals surface area contributed by atoms with Gasteiger partial charge < -0.3 is 29.2 Å². The van der Waals surface area contributed by atoms with E-state index in [9.17, 15) is 18.4 Å². The van der Waals surface area contributed by atoms with Crippen molar-refractivity contribution in [1.82, 2.24) is 4.90 Å². The second-order valence-corrected chi connectivity index (χ2v) is 7.62. The number of halogens is 2. The average Bonchev–Trinajstić information content (AvgIpc) is 2.89. The standard InChI is InChI=1S/C26H31F2NO8/c1-2-24(32)35-15-16-37-26-22(27)17-20(18-23(26)28)19-3-5-21(6-4-19)34-13-14-36-25(33)7-8-29(9-11-30)10-12-31/h2-6,17-18,30-31H,1,7-16H2. The smallest absolute Gasteiger partial charge is 0.330 e. The summed E-state index contributed by atoms with van der Waals surface area (Å²) in [4.78, 5) is 24.6. The van der Waals surface area contributed by atoms with Crippen molar-refractivity contribution in [1.29, 1.82) is 0 Å². The molecule has 0 heterocycles. The van der Waals surface area contributed by atoms with E-state index in [4.69, 9.17) is 29.2 Å². The SMILES string of the molecule is C=CC(=O)OCCOc1c(F)cc(-c2ccc(OCCOC(=O)CCN(CCO)CCO)cc2)cc1F. The zero-order valence-corrected chi connectivity index (χ0v) is 20.4. The lowest BCUT2D eigenvalue weighted by molar-refractivity contribution is -0.144. The monoisotopic (exact) mass is 523 g/mol. The maximum atomic E-state index is 14.4. The third-order valence-corrected chi connectivity index (χ3v) is 5.01. The first-order chi connectivity index (χ1) is 17.9. The van der Waals surface area contributed by atoms with Crippen LogP contribution in [0.25, 0.3) is 11.1 Å². The fourth-order valence-electron chi connectivity index (χ4n) is 3.21. The maximum absolute atomic E-state index is 14.4. The van der Waals surface area contributed by atoms with E-state index >= 15 is 0 Å². The van der Waals surface area contributed by atoms with Gasteiger partial charge >= 0.3 is 11.9 Å². The van der Waals surface area contributed by atoms with E-state index in [1.807, 2.05) is 0 Å². The van der Waals surface area contributed by atoms with E-state index in [1.54, 1.807) is 29.2 Å². The summed E-state index contributed by atoms with van der Waals surface area (Å²) in [6.07, 6.45) is 1.09.